The second-order valence-corrected chi connectivity index (χ2v) is 5.86. The lowest BCUT2D eigenvalue weighted by Crippen LogP contribution is -2.42. The number of benzene rings is 1. The molecule has 1 unspecified atom stereocenters. The van der Waals surface area contributed by atoms with Crippen LogP contribution in [-0.2, 0) is 16.1 Å². The summed E-state index contributed by atoms with van der Waals surface area (Å²) in [6.07, 6.45) is 2.62. The first-order valence-corrected chi connectivity index (χ1v) is 8.02. The monoisotopic (exact) mass is 319 g/mol. The average Bonchev–Trinajstić information content (AvgIpc) is 2.54. The number of amides is 3. The van der Waals surface area contributed by atoms with Crippen LogP contribution in [0.3, 0.4) is 0 Å². The van der Waals surface area contributed by atoms with Gasteiger partial charge in [-0.1, -0.05) is 12.1 Å². The number of piperidine rings is 1. The van der Waals surface area contributed by atoms with E-state index in [1.807, 2.05) is 36.1 Å². The summed E-state index contributed by atoms with van der Waals surface area (Å²) in [4.78, 5) is 25.6. The van der Waals surface area contributed by atoms with Crippen molar-refractivity contribution >= 4 is 17.6 Å². The molecule has 1 aromatic carbocycles. The smallest absolute Gasteiger partial charge is 0.315 e. The van der Waals surface area contributed by atoms with Gasteiger partial charge in [0.2, 0.25) is 5.91 Å². The fraction of sp³-hybridized carbons (Fsp3) is 0.529. The summed E-state index contributed by atoms with van der Waals surface area (Å²) in [6.45, 7) is 3.54. The van der Waals surface area contributed by atoms with Crippen LogP contribution in [0.5, 0.6) is 0 Å². The zero-order chi connectivity index (χ0) is 16.7. The third-order valence-electron chi connectivity index (χ3n) is 3.79. The molecule has 0 radical (unpaired) electrons. The predicted octanol–water partition coefficient (Wildman–Crippen LogP) is 2.04. The normalized spacial score (nSPS) is 16.1. The van der Waals surface area contributed by atoms with Crippen LogP contribution in [0.4, 0.5) is 10.5 Å². The van der Waals surface area contributed by atoms with E-state index in [9.17, 15) is 9.59 Å². The van der Waals surface area contributed by atoms with Crippen molar-refractivity contribution in [3.63, 3.8) is 0 Å². The molecule has 0 aliphatic carbocycles. The van der Waals surface area contributed by atoms with Crippen LogP contribution < -0.4 is 15.5 Å². The van der Waals surface area contributed by atoms with Crippen molar-refractivity contribution in [1.29, 1.82) is 0 Å². The highest BCUT2D eigenvalue weighted by Crippen LogP contribution is 2.21. The minimum atomic E-state index is -0.228. The van der Waals surface area contributed by atoms with E-state index < -0.39 is 0 Å². The lowest BCUT2D eigenvalue weighted by Gasteiger charge is -2.27. The van der Waals surface area contributed by atoms with Gasteiger partial charge >= 0.3 is 6.03 Å². The van der Waals surface area contributed by atoms with Gasteiger partial charge in [0.1, 0.15) is 0 Å². The van der Waals surface area contributed by atoms with Gasteiger partial charge in [-0.05, 0) is 37.5 Å². The van der Waals surface area contributed by atoms with Gasteiger partial charge in [-0.3, -0.25) is 4.79 Å². The second-order valence-electron chi connectivity index (χ2n) is 5.86. The number of urea groups is 1. The van der Waals surface area contributed by atoms with Gasteiger partial charge in [0.05, 0.1) is 12.6 Å². The van der Waals surface area contributed by atoms with Gasteiger partial charge in [0.25, 0.3) is 0 Å². The third-order valence-corrected chi connectivity index (χ3v) is 3.79. The van der Waals surface area contributed by atoms with Gasteiger partial charge in [-0.2, -0.15) is 0 Å². The van der Waals surface area contributed by atoms with Gasteiger partial charge in [0, 0.05) is 32.3 Å². The summed E-state index contributed by atoms with van der Waals surface area (Å²) < 4.78 is 4.98. The minimum Gasteiger partial charge on any atom is -0.383 e. The molecule has 23 heavy (non-hydrogen) atoms. The number of hydrogen-bond acceptors (Lipinski definition) is 3. The summed E-state index contributed by atoms with van der Waals surface area (Å²) >= 11 is 0. The Labute approximate surface area is 137 Å². The molecule has 2 N–H and O–H groups in total. The quantitative estimate of drug-likeness (QED) is 0.843. The van der Waals surface area contributed by atoms with E-state index in [0.717, 1.165) is 30.6 Å². The SMILES string of the molecule is COCC(C)NC(=O)NCc1cccc(N2CCCCC2=O)c1. The Balaban J connectivity index is 1.90. The predicted molar refractivity (Wildman–Crippen MR) is 89.4 cm³/mol. The van der Waals surface area contributed by atoms with Gasteiger partial charge in [-0.25, -0.2) is 4.79 Å². The Morgan fingerprint density at radius 1 is 1.39 bits per heavy atom. The van der Waals surface area contributed by atoms with E-state index in [1.54, 1.807) is 7.11 Å². The first kappa shape index (κ1) is 17.3. The molecule has 3 amide bonds. The molecule has 0 bridgehead atoms. The molecule has 6 nitrogen and oxygen atoms in total. The number of carbonyl (C=O) groups is 2. The summed E-state index contributed by atoms with van der Waals surface area (Å²) in [5.74, 6) is 0.174. The van der Waals surface area contributed by atoms with Crippen LogP contribution in [0, 0.1) is 0 Å². The maximum atomic E-state index is 12.0. The van der Waals surface area contributed by atoms with Crippen molar-refractivity contribution in [3.8, 4) is 0 Å². The maximum absolute atomic E-state index is 12.0. The molecule has 126 valence electrons. The zero-order valence-electron chi connectivity index (χ0n) is 13.8. The van der Waals surface area contributed by atoms with E-state index in [4.69, 9.17) is 4.74 Å². The standard InChI is InChI=1S/C17H25N3O3/c1-13(12-23-2)19-17(22)18-11-14-6-5-7-15(10-14)20-9-4-3-8-16(20)21/h5-7,10,13H,3-4,8-9,11-12H2,1-2H3,(H2,18,19,22). The fourth-order valence-electron chi connectivity index (χ4n) is 2.66. The summed E-state index contributed by atoms with van der Waals surface area (Å²) in [7, 11) is 1.60. The first-order valence-electron chi connectivity index (χ1n) is 8.02. The van der Waals surface area contributed by atoms with Crippen molar-refractivity contribution in [2.24, 2.45) is 0 Å². The molecule has 1 aliphatic rings. The van der Waals surface area contributed by atoms with Crippen LogP contribution in [0.25, 0.3) is 0 Å². The molecule has 6 heteroatoms. The molecular formula is C17H25N3O3. The topological polar surface area (TPSA) is 70.7 Å². The van der Waals surface area contributed by atoms with Gasteiger partial charge in [-0.15, -0.1) is 0 Å². The molecule has 0 aromatic heterocycles. The van der Waals surface area contributed by atoms with E-state index in [-0.39, 0.29) is 18.0 Å². The highest BCUT2D eigenvalue weighted by Gasteiger charge is 2.19. The molecule has 0 saturated carbocycles. The van der Waals surface area contributed by atoms with Crippen LogP contribution in [0.15, 0.2) is 24.3 Å². The summed E-state index contributed by atoms with van der Waals surface area (Å²) in [6, 6.07) is 7.48. The Hall–Kier alpha value is -2.08. The molecule has 1 saturated heterocycles. The van der Waals surface area contributed by atoms with Crippen molar-refractivity contribution in [3.05, 3.63) is 29.8 Å². The number of nitrogens with one attached hydrogen (secondary N) is 2. The third kappa shape index (κ3) is 5.25. The van der Waals surface area contributed by atoms with E-state index in [0.29, 0.717) is 19.6 Å². The summed E-state index contributed by atoms with van der Waals surface area (Å²) in [5, 5.41) is 5.62. The molecule has 1 aromatic rings. The molecule has 1 aliphatic heterocycles. The molecule has 0 spiro atoms. The van der Waals surface area contributed by atoms with Crippen molar-refractivity contribution in [2.75, 3.05) is 25.2 Å². The lowest BCUT2D eigenvalue weighted by atomic mass is 10.1. The van der Waals surface area contributed by atoms with Crippen molar-refractivity contribution in [2.45, 2.75) is 38.8 Å². The number of methoxy groups -OCH3 is 1. The number of nitrogens with zero attached hydrogens (tertiary/aromatic N) is 1. The van der Waals surface area contributed by atoms with E-state index in [1.165, 1.54) is 0 Å². The average molecular weight is 319 g/mol. The van der Waals surface area contributed by atoms with Gasteiger partial charge < -0.3 is 20.3 Å². The van der Waals surface area contributed by atoms with E-state index >= 15 is 0 Å². The highest BCUT2D eigenvalue weighted by atomic mass is 16.5. The number of ether oxygens (including phenoxy) is 1. The summed E-state index contributed by atoms with van der Waals surface area (Å²) in [5.41, 5.74) is 1.87. The molecule has 1 heterocycles. The number of rotatable bonds is 6. The van der Waals surface area contributed by atoms with Crippen LogP contribution >= 0.6 is 0 Å². The largest absolute Gasteiger partial charge is 0.383 e. The second kappa shape index (κ2) is 8.53. The van der Waals surface area contributed by atoms with E-state index in [2.05, 4.69) is 10.6 Å². The lowest BCUT2D eigenvalue weighted by molar-refractivity contribution is -0.119. The first-order chi connectivity index (χ1) is 11.1. The Bertz CT molecular complexity index is 548. The molecular weight excluding hydrogens is 294 g/mol. The fourth-order valence-corrected chi connectivity index (χ4v) is 2.66. The Kier molecular flexibility index (Phi) is 6.40. The van der Waals surface area contributed by atoms with Crippen LogP contribution in [0.1, 0.15) is 31.7 Å². The van der Waals surface area contributed by atoms with Crippen molar-refractivity contribution in [1.82, 2.24) is 10.6 Å². The zero-order valence-corrected chi connectivity index (χ0v) is 13.8. The van der Waals surface area contributed by atoms with Crippen molar-refractivity contribution < 1.29 is 14.3 Å². The molecule has 1 fully saturated rings. The number of hydrogen-bond donors (Lipinski definition) is 2. The number of carbonyl (C=O) groups excluding carboxylic acids is 2. The minimum absolute atomic E-state index is 0.0442. The Morgan fingerprint density at radius 3 is 2.96 bits per heavy atom. The Morgan fingerprint density at radius 2 is 2.22 bits per heavy atom. The number of anilines is 1. The van der Waals surface area contributed by atoms with Crippen LogP contribution in [0.2, 0.25) is 0 Å². The van der Waals surface area contributed by atoms with Gasteiger partial charge in [0.15, 0.2) is 0 Å². The highest BCUT2D eigenvalue weighted by molar-refractivity contribution is 5.94. The molecule has 1 atom stereocenters. The maximum Gasteiger partial charge on any atom is 0.315 e. The van der Waals surface area contributed by atoms with Crippen LogP contribution in [-0.4, -0.2) is 38.2 Å². The molecule has 2 rings (SSSR count).